The molecule has 2 aromatic rings. The van der Waals surface area contributed by atoms with Crippen LogP contribution in [0.4, 0.5) is 0 Å². The maximum absolute atomic E-state index is 11.6. The number of rotatable bonds is 5. The summed E-state index contributed by atoms with van der Waals surface area (Å²) in [5.41, 5.74) is 3.45. The molecule has 0 amide bonds. The van der Waals surface area contributed by atoms with E-state index in [1.54, 1.807) is 0 Å². The third kappa shape index (κ3) is 3.89. The zero-order valence-electron chi connectivity index (χ0n) is 12.0. The van der Waals surface area contributed by atoms with Gasteiger partial charge in [0.15, 0.2) is 12.0 Å². The van der Waals surface area contributed by atoms with Gasteiger partial charge in [-0.05, 0) is 24.6 Å². The summed E-state index contributed by atoms with van der Waals surface area (Å²) in [6.07, 6.45) is 6.64. The average molecular weight is 266 g/mol. The lowest BCUT2D eigenvalue weighted by Crippen LogP contribution is -2.40. The lowest BCUT2D eigenvalue weighted by molar-refractivity contribution is -0.686. The molecule has 20 heavy (non-hydrogen) atoms. The van der Waals surface area contributed by atoms with E-state index in [1.807, 2.05) is 42.0 Å². The predicted octanol–water partition coefficient (Wildman–Crippen LogP) is 3.43. The van der Waals surface area contributed by atoms with Crippen molar-refractivity contribution in [3.8, 4) is 0 Å². The molecule has 0 aliphatic rings. The Morgan fingerprint density at radius 3 is 2.55 bits per heavy atom. The first kappa shape index (κ1) is 14.2. The van der Waals surface area contributed by atoms with Crippen molar-refractivity contribution in [1.82, 2.24) is 0 Å². The summed E-state index contributed by atoms with van der Waals surface area (Å²) < 4.78 is 1.98. The number of hydrogen-bond acceptors (Lipinski definition) is 1. The number of carbonyl (C=O) groups is 1. The summed E-state index contributed by atoms with van der Waals surface area (Å²) in [6, 6.07) is 14.3. The maximum Gasteiger partial charge on any atom is 0.207 e. The van der Waals surface area contributed by atoms with Crippen molar-refractivity contribution in [3.63, 3.8) is 0 Å². The van der Waals surface area contributed by atoms with Gasteiger partial charge in [0.2, 0.25) is 12.2 Å². The van der Waals surface area contributed by atoms with Crippen LogP contribution in [0.2, 0.25) is 0 Å². The number of pyridine rings is 1. The van der Waals surface area contributed by atoms with Crippen LogP contribution in [0.15, 0.2) is 48.7 Å². The van der Waals surface area contributed by atoms with Gasteiger partial charge >= 0.3 is 0 Å². The normalized spacial score (nSPS) is 10.9. The standard InChI is InChI=1S/C18H20NO/c1-3-18(20)14-19-13-5-4-6-17(19)12-11-16-9-7-15(2)8-10-16/h4-13H,3,14H2,1-2H3/q+1. The number of aromatic nitrogens is 1. The Morgan fingerprint density at radius 2 is 1.85 bits per heavy atom. The number of ketones is 1. The van der Waals surface area contributed by atoms with Crippen molar-refractivity contribution in [2.45, 2.75) is 26.8 Å². The van der Waals surface area contributed by atoms with Crippen LogP contribution in [0, 0.1) is 6.92 Å². The topological polar surface area (TPSA) is 20.9 Å². The molecule has 0 saturated heterocycles. The number of nitrogens with zero attached hydrogens (tertiary/aromatic N) is 1. The van der Waals surface area contributed by atoms with Gasteiger partial charge in [0.1, 0.15) is 0 Å². The van der Waals surface area contributed by atoms with Gasteiger partial charge in [-0.25, -0.2) is 0 Å². The molecule has 0 aliphatic heterocycles. The monoisotopic (exact) mass is 266 g/mol. The van der Waals surface area contributed by atoms with E-state index in [0.717, 1.165) is 11.3 Å². The van der Waals surface area contributed by atoms with Crippen molar-refractivity contribution in [2.75, 3.05) is 0 Å². The summed E-state index contributed by atoms with van der Waals surface area (Å²) >= 11 is 0. The van der Waals surface area contributed by atoms with E-state index in [9.17, 15) is 4.79 Å². The Balaban J connectivity index is 2.20. The second-order valence-corrected chi connectivity index (χ2v) is 4.89. The average Bonchev–Trinajstić information content (AvgIpc) is 2.48. The van der Waals surface area contributed by atoms with Crippen molar-refractivity contribution >= 4 is 17.9 Å². The van der Waals surface area contributed by atoms with Gasteiger partial charge in [-0.1, -0.05) is 36.8 Å². The van der Waals surface area contributed by atoms with Crippen molar-refractivity contribution in [3.05, 3.63) is 65.5 Å². The van der Waals surface area contributed by atoms with Gasteiger partial charge in [-0.15, -0.1) is 0 Å². The molecule has 2 rings (SSSR count). The highest BCUT2D eigenvalue weighted by Crippen LogP contribution is 2.07. The lowest BCUT2D eigenvalue weighted by Gasteiger charge is -1.99. The largest absolute Gasteiger partial charge is 0.293 e. The van der Waals surface area contributed by atoms with Crippen molar-refractivity contribution in [2.24, 2.45) is 0 Å². The van der Waals surface area contributed by atoms with Crippen LogP contribution in [-0.4, -0.2) is 5.78 Å². The first-order chi connectivity index (χ1) is 9.69. The molecule has 1 heterocycles. The van der Waals surface area contributed by atoms with E-state index in [0.29, 0.717) is 13.0 Å². The van der Waals surface area contributed by atoms with Gasteiger partial charge in [0.05, 0.1) is 0 Å². The molecule has 2 heteroatoms. The summed E-state index contributed by atoms with van der Waals surface area (Å²) in [7, 11) is 0. The molecule has 2 nitrogen and oxygen atoms in total. The fraction of sp³-hybridized carbons (Fsp3) is 0.222. The Bertz CT molecular complexity index is 612. The summed E-state index contributed by atoms with van der Waals surface area (Å²) in [5, 5.41) is 0. The maximum atomic E-state index is 11.6. The number of hydrogen-bond donors (Lipinski definition) is 0. The highest BCUT2D eigenvalue weighted by molar-refractivity contribution is 5.76. The minimum Gasteiger partial charge on any atom is -0.293 e. The SMILES string of the molecule is CCC(=O)C[n+]1ccccc1C=Cc1ccc(C)cc1. The Labute approximate surface area is 120 Å². The highest BCUT2D eigenvalue weighted by Gasteiger charge is 2.10. The van der Waals surface area contributed by atoms with Crippen LogP contribution in [-0.2, 0) is 11.3 Å². The van der Waals surface area contributed by atoms with Crippen LogP contribution in [0.25, 0.3) is 12.2 Å². The molecule has 0 radical (unpaired) electrons. The molecule has 0 aliphatic carbocycles. The third-order valence-electron chi connectivity index (χ3n) is 3.24. The molecule has 0 unspecified atom stereocenters. The van der Waals surface area contributed by atoms with E-state index in [2.05, 4.69) is 37.3 Å². The van der Waals surface area contributed by atoms with Gasteiger partial charge in [-0.2, -0.15) is 4.57 Å². The molecule has 0 saturated carbocycles. The fourth-order valence-electron chi connectivity index (χ4n) is 1.95. The van der Waals surface area contributed by atoms with E-state index in [-0.39, 0.29) is 5.78 Å². The van der Waals surface area contributed by atoms with Crippen LogP contribution >= 0.6 is 0 Å². The minimum atomic E-state index is 0.242. The Morgan fingerprint density at radius 1 is 1.10 bits per heavy atom. The van der Waals surface area contributed by atoms with E-state index in [4.69, 9.17) is 0 Å². The van der Waals surface area contributed by atoms with Crippen LogP contribution in [0.5, 0.6) is 0 Å². The molecule has 0 bridgehead atoms. The lowest BCUT2D eigenvalue weighted by atomic mass is 10.1. The predicted molar refractivity (Wildman–Crippen MR) is 82.0 cm³/mol. The summed E-state index contributed by atoms with van der Waals surface area (Å²) in [4.78, 5) is 11.6. The van der Waals surface area contributed by atoms with Crippen molar-refractivity contribution < 1.29 is 9.36 Å². The van der Waals surface area contributed by atoms with Gasteiger partial charge in [0.25, 0.3) is 0 Å². The molecule has 1 aromatic carbocycles. The second-order valence-electron chi connectivity index (χ2n) is 4.89. The summed E-state index contributed by atoms with van der Waals surface area (Å²) in [5.74, 6) is 0.242. The van der Waals surface area contributed by atoms with Gasteiger partial charge < -0.3 is 0 Å². The molecular formula is C18H20NO+. The third-order valence-corrected chi connectivity index (χ3v) is 3.24. The number of Topliss-reactive ketones (excluding diaryl/α,β-unsaturated/α-hetero) is 1. The fourth-order valence-corrected chi connectivity index (χ4v) is 1.95. The summed E-state index contributed by atoms with van der Waals surface area (Å²) in [6.45, 7) is 4.41. The van der Waals surface area contributed by atoms with Gasteiger partial charge in [0, 0.05) is 24.6 Å². The zero-order chi connectivity index (χ0) is 14.4. The van der Waals surface area contributed by atoms with Crippen LogP contribution < -0.4 is 4.57 Å². The molecule has 1 aromatic heterocycles. The van der Waals surface area contributed by atoms with E-state index >= 15 is 0 Å². The smallest absolute Gasteiger partial charge is 0.207 e. The zero-order valence-corrected chi connectivity index (χ0v) is 12.0. The van der Waals surface area contributed by atoms with Crippen LogP contribution in [0.3, 0.4) is 0 Å². The molecular weight excluding hydrogens is 246 g/mol. The molecule has 0 fully saturated rings. The molecule has 0 N–H and O–H groups in total. The first-order valence-corrected chi connectivity index (χ1v) is 6.94. The van der Waals surface area contributed by atoms with E-state index in [1.165, 1.54) is 5.56 Å². The molecule has 0 atom stereocenters. The van der Waals surface area contributed by atoms with Gasteiger partial charge in [-0.3, -0.25) is 4.79 Å². The minimum absolute atomic E-state index is 0.242. The Kier molecular flexibility index (Phi) is 4.83. The second kappa shape index (κ2) is 6.80. The van der Waals surface area contributed by atoms with E-state index < -0.39 is 0 Å². The number of carbonyl (C=O) groups excluding carboxylic acids is 1. The number of aryl methyl sites for hydroxylation is 1. The quantitative estimate of drug-likeness (QED) is 0.759. The number of benzene rings is 1. The highest BCUT2D eigenvalue weighted by atomic mass is 16.1. The molecule has 102 valence electrons. The Hall–Kier alpha value is -2.22. The molecule has 0 spiro atoms. The first-order valence-electron chi connectivity index (χ1n) is 6.94. The van der Waals surface area contributed by atoms with Crippen LogP contribution in [0.1, 0.15) is 30.2 Å². The van der Waals surface area contributed by atoms with Crippen molar-refractivity contribution in [1.29, 1.82) is 0 Å².